The van der Waals surface area contributed by atoms with Crippen molar-refractivity contribution in [3.8, 4) is 11.5 Å². The SMILES string of the molecule is C[C@H](COC(=O)[C@H](C)N)NC(=O)c1ccc2c(Oc3ccc(C(F)(F)F)cc3)cccc2c1. The normalized spacial score (nSPS) is 13.3. The van der Waals surface area contributed by atoms with Gasteiger partial charge in [0.15, 0.2) is 0 Å². The molecular weight excluding hydrogens is 437 g/mol. The van der Waals surface area contributed by atoms with Crippen LogP contribution in [0.1, 0.15) is 29.8 Å². The largest absolute Gasteiger partial charge is 0.462 e. The zero-order valence-corrected chi connectivity index (χ0v) is 18.0. The fourth-order valence-corrected chi connectivity index (χ4v) is 3.01. The Morgan fingerprint density at radius 3 is 2.36 bits per heavy atom. The number of hydrogen-bond donors (Lipinski definition) is 2. The van der Waals surface area contributed by atoms with Crippen molar-refractivity contribution in [2.24, 2.45) is 5.73 Å². The minimum absolute atomic E-state index is 0.00912. The highest BCUT2D eigenvalue weighted by atomic mass is 19.4. The second-order valence-corrected chi connectivity index (χ2v) is 7.61. The molecule has 0 saturated heterocycles. The summed E-state index contributed by atoms with van der Waals surface area (Å²) in [6.45, 7) is 3.20. The molecule has 0 aliphatic carbocycles. The molecule has 0 aliphatic rings. The maximum atomic E-state index is 12.7. The summed E-state index contributed by atoms with van der Waals surface area (Å²) in [5, 5.41) is 4.15. The number of benzene rings is 3. The van der Waals surface area contributed by atoms with Crippen molar-refractivity contribution in [3.05, 3.63) is 71.8 Å². The first-order valence-electron chi connectivity index (χ1n) is 10.2. The maximum Gasteiger partial charge on any atom is 0.416 e. The van der Waals surface area contributed by atoms with Gasteiger partial charge < -0.3 is 20.5 Å². The predicted octanol–water partition coefficient (Wildman–Crippen LogP) is 4.66. The van der Waals surface area contributed by atoms with E-state index in [0.29, 0.717) is 22.1 Å². The summed E-state index contributed by atoms with van der Waals surface area (Å²) in [5.41, 5.74) is 5.06. The molecule has 0 aromatic heterocycles. The molecule has 6 nitrogen and oxygen atoms in total. The van der Waals surface area contributed by atoms with Gasteiger partial charge >= 0.3 is 12.1 Å². The van der Waals surface area contributed by atoms with Gasteiger partial charge in [-0.25, -0.2) is 0 Å². The number of amides is 1. The summed E-state index contributed by atoms with van der Waals surface area (Å²) < 4.78 is 49.0. The highest BCUT2D eigenvalue weighted by Gasteiger charge is 2.30. The highest BCUT2D eigenvalue weighted by Crippen LogP contribution is 2.33. The van der Waals surface area contributed by atoms with E-state index in [0.717, 1.165) is 12.1 Å². The highest BCUT2D eigenvalue weighted by molar-refractivity contribution is 6.00. The van der Waals surface area contributed by atoms with Crippen LogP contribution in [0.25, 0.3) is 10.8 Å². The molecule has 0 aliphatic heterocycles. The lowest BCUT2D eigenvalue weighted by molar-refractivity contribution is -0.145. The van der Waals surface area contributed by atoms with Gasteiger partial charge in [0, 0.05) is 10.9 Å². The zero-order valence-electron chi connectivity index (χ0n) is 18.0. The van der Waals surface area contributed by atoms with Gasteiger partial charge in [-0.15, -0.1) is 0 Å². The van der Waals surface area contributed by atoms with Crippen LogP contribution in [0, 0.1) is 0 Å². The van der Waals surface area contributed by atoms with Crippen molar-refractivity contribution < 1.29 is 32.2 Å². The lowest BCUT2D eigenvalue weighted by Crippen LogP contribution is -2.38. The van der Waals surface area contributed by atoms with Crippen molar-refractivity contribution in [1.82, 2.24) is 5.32 Å². The first kappa shape index (κ1) is 24.1. The molecule has 0 heterocycles. The molecule has 3 aromatic carbocycles. The van der Waals surface area contributed by atoms with E-state index >= 15 is 0 Å². The molecule has 1 amide bonds. The molecule has 0 spiro atoms. The summed E-state index contributed by atoms with van der Waals surface area (Å²) in [7, 11) is 0. The number of ether oxygens (including phenoxy) is 2. The first-order valence-corrected chi connectivity index (χ1v) is 10.2. The number of carbonyl (C=O) groups excluding carboxylic acids is 2. The minimum Gasteiger partial charge on any atom is -0.462 e. The molecule has 0 saturated carbocycles. The van der Waals surface area contributed by atoms with Crippen molar-refractivity contribution in [1.29, 1.82) is 0 Å². The van der Waals surface area contributed by atoms with Crippen LogP contribution in [0.4, 0.5) is 13.2 Å². The van der Waals surface area contributed by atoms with E-state index in [9.17, 15) is 22.8 Å². The Morgan fingerprint density at radius 1 is 1.03 bits per heavy atom. The fourth-order valence-electron chi connectivity index (χ4n) is 3.01. The number of nitrogens with two attached hydrogens (primary N) is 1. The predicted molar refractivity (Wildman–Crippen MR) is 117 cm³/mol. The third-order valence-corrected chi connectivity index (χ3v) is 4.74. The smallest absolute Gasteiger partial charge is 0.416 e. The Labute approximate surface area is 188 Å². The van der Waals surface area contributed by atoms with Crippen LogP contribution in [0.15, 0.2) is 60.7 Å². The van der Waals surface area contributed by atoms with Crippen molar-refractivity contribution >= 4 is 22.6 Å². The first-order chi connectivity index (χ1) is 15.5. The molecule has 174 valence electrons. The van der Waals surface area contributed by atoms with E-state index in [1.54, 1.807) is 43.3 Å². The fraction of sp³-hybridized carbons (Fsp3) is 0.250. The van der Waals surface area contributed by atoms with Crippen LogP contribution in [0.2, 0.25) is 0 Å². The number of esters is 1. The Bertz CT molecular complexity index is 1140. The van der Waals surface area contributed by atoms with E-state index < -0.39 is 29.8 Å². The second kappa shape index (κ2) is 9.91. The van der Waals surface area contributed by atoms with Gasteiger partial charge in [0.05, 0.1) is 11.6 Å². The lowest BCUT2D eigenvalue weighted by atomic mass is 10.1. The van der Waals surface area contributed by atoms with Crippen LogP contribution in [0.5, 0.6) is 11.5 Å². The van der Waals surface area contributed by atoms with Crippen molar-refractivity contribution in [2.45, 2.75) is 32.1 Å². The Balaban J connectivity index is 1.72. The van der Waals surface area contributed by atoms with Crippen LogP contribution < -0.4 is 15.8 Å². The Morgan fingerprint density at radius 2 is 1.73 bits per heavy atom. The van der Waals surface area contributed by atoms with Gasteiger partial charge in [-0.05, 0) is 67.8 Å². The number of rotatable bonds is 7. The number of alkyl halides is 3. The van der Waals surface area contributed by atoms with Crippen LogP contribution >= 0.6 is 0 Å². The third kappa shape index (κ3) is 6.23. The molecule has 33 heavy (non-hydrogen) atoms. The van der Waals surface area contributed by atoms with E-state index in [4.69, 9.17) is 15.2 Å². The van der Waals surface area contributed by atoms with Crippen LogP contribution in [-0.2, 0) is 15.7 Å². The molecule has 3 N–H and O–H groups in total. The monoisotopic (exact) mass is 460 g/mol. The van der Waals surface area contributed by atoms with E-state index in [1.807, 2.05) is 0 Å². The molecule has 3 rings (SSSR count). The maximum absolute atomic E-state index is 12.7. The van der Waals surface area contributed by atoms with Crippen LogP contribution in [0.3, 0.4) is 0 Å². The van der Waals surface area contributed by atoms with Gasteiger partial charge in [0.1, 0.15) is 24.1 Å². The molecule has 0 unspecified atom stereocenters. The van der Waals surface area contributed by atoms with Gasteiger partial charge in [0.2, 0.25) is 0 Å². The van der Waals surface area contributed by atoms with Gasteiger partial charge in [0.25, 0.3) is 5.91 Å². The zero-order chi connectivity index (χ0) is 24.2. The standard InChI is InChI=1S/C24H23F3N2O4/c1-14(13-32-23(31)15(2)28)29-22(30)17-6-11-20-16(12-17)4-3-5-21(20)33-19-9-7-18(8-10-19)24(25,26)27/h3-12,14-15H,13,28H2,1-2H3,(H,29,30)/t14-,15+/m1/s1. The third-order valence-electron chi connectivity index (χ3n) is 4.74. The molecular formula is C24H23F3N2O4. The molecule has 3 aromatic rings. The topological polar surface area (TPSA) is 90.6 Å². The van der Waals surface area contributed by atoms with Gasteiger partial charge in [-0.3, -0.25) is 9.59 Å². The molecule has 9 heteroatoms. The molecule has 0 radical (unpaired) electrons. The van der Waals surface area contributed by atoms with Gasteiger partial charge in [-0.2, -0.15) is 13.2 Å². The number of carbonyl (C=O) groups is 2. The van der Waals surface area contributed by atoms with E-state index in [1.165, 1.54) is 19.1 Å². The molecule has 0 bridgehead atoms. The van der Waals surface area contributed by atoms with Crippen molar-refractivity contribution in [3.63, 3.8) is 0 Å². The summed E-state index contributed by atoms with van der Waals surface area (Å²) in [4.78, 5) is 24.0. The average Bonchev–Trinajstić information content (AvgIpc) is 2.77. The summed E-state index contributed by atoms with van der Waals surface area (Å²) >= 11 is 0. The lowest BCUT2D eigenvalue weighted by Gasteiger charge is -2.16. The molecule has 2 atom stereocenters. The quantitative estimate of drug-likeness (QED) is 0.501. The number of nitrogens with one attached hydrogen (secondary N) is 1. The summed E-state index contributed by atoms with van der Waals surface area (Å²) in [5.74, 6) is -0.208. The summed E-state index contributed by atoms with van der Waals surface area (Å²) in [6.07, 6.45) is -4.42. The Kier molecular flexibility index (Phi) is 7.23. The Hall–Kier alpha value is -3.59. The molecule has 0 fully saturated rings. The number of hydrogen-bond acceptors (Lipinski definition) is 5. The van der Waals surface area contributed by atoms with E-state index in [2.05, 4.69) is 5.32 Å². The average molecular weight is 460 g/mol. The number of halogens is 3. The van der Waals surface area contributed by atoms with Gasteiger partial charge in [-0.1, -0.05) is 12.1 Å². The minimum atomic E-state index is -4.42. The second-order valence-electron chi connectivity index (χ2n) is 7.61. The number of fused-ring (bicyclic) bond motifs is 1. The van der Waals surface area contributed by atoms with Crippen LogP contribution in [-0.4, -0.2) is 30.6 Å². The van der Waals surface area contributed by atoms with Crippen molar-refractivity contribution in [2.75, 3.05) is 6.61 Å². The summed E-state index contributed by atoms with van der Waals surface area (Å²) in [6, 6.07) is 13.4. The van der Waals surface area contributed by atoms with E-state index in [-0.39, 0.29) is 18.3 Å².